The normalized spacial score (nSPS) is 11.3. The van der Waals surface area contributed by atoms with Gasteiger partial charge in [0.2, 0.25) is 0 Å². The van der Waals surface area contributed by atoms with Crippen molar-refractivity contribution < 1.29 is 9.47 Å². The van der Waals surface area contributed by atoms with Gasteiger partial charge >= 0.3 is 0 Å². The Morgan fingerprint density at radius 3 is 2.53 bits per heavy atom. The lowest BCUT2D eigenvalue weighted by atomic mass is 10.1. The number of halogens is 1. The highest BCUT2D eigenvalue weighted by Crippen LogP contribution is 2.28. The van der Waals surface area contributed by atoms with E-state index in [2.05, 4.69) is 4.98 Å². The van der Waals surface area contributed by atoms with Crippen molar-refractivity contribution >= 4 is 22.5 Å². The molecule has 0 unspecified atom stereocenters. The maximum Gasteiger partial charge on any atom is 0.258 e. The fourth-order valence-corrected chi connectivity index (χ4v) is 2.10. The van der Waals surface area contributed by atoms with E-state index in [4.69, 9.17) is 21.1 Å². The first-order chi connectivity index (χ1) is 8.19. The van der Waals surface area contributed by atoms with E-state index in [1.807, 2.05) is 18.2 Å². The van der Waals surface area contributed by atoms with Crippen molar-refractivity contribution in [2.24, 2.45) is 0 Å². The van der Waals surface area contributed by atoms with Crippen molar-refractivity contribution in [3.63, 3.8) is 0 Å². The lowest BCUT2D eigenvalue weighted by Gasteiger charge is -2.15. The second-order valence-corrected chi connectivity index (χ2v) is 3.91. The Kier molecular flexibility index (Phi) is 3.47. The van der Waals surface area contributed by atoms with Crippen molar-refractivity contribution in [3.8, 4) is 0 Å². The molecule has 1 aromatic heterocycles. The zero-order valence-electron chi connectivity index (χ0n) is 9.49. The van der Waals surface area contributed by atoms with Gasteiger partial charge in [0.25, 0.3) is 5.56 Å². The zero-order chi connectivity index (χ0) is 12.4. The van der Waals surface area contributed by atoms with Gasteiger partial charge in [-0.2, -0.15) is 0 Å². The van der Waals surface area contributed by atoms with Gasteiger partial charge in [-0.1, -0.05) is 29.8 Å². The molecule has 1 heterocycles. The number of hydrogen-bond donors (Lipinski definition) is 1. The Morgan fingerprint density at radius 2 is 1.88 bits per heavy atom. The molecule has 0 aliphatic carbocycles. The van der Waals surface area contributed by atoms with E-state index in [1.54, 1.807) is 6.07 Å². The van der Waals surface area contributed by atoms with Crippen LogP contribution in [-0.2, 0) is 9.47 Å². The molecular formula is C12H12ClNO3. The summed E-state index contributed by atoms with van der Waals surface area (Å²) in [5.41, 5.74) is 0.676. The van der Waals surface area contributed by atoms with Crippen LogP contribution in [0, 0.1) is 0 Å². The number of H-pyrrole nitrogens is 1. The van der Waals surface area contributed by atoms with Crippen molar-refractivity contribution in [1.82, 2.24) is 4.98 Å². The quantitative estimate of drug-likeness (QED) is 0.855. The largest absolute Gasteiger partial charge is 0.351 e. The van der Waals surface area contributed by atoms with E-state index >= 15 is 0 Å². The first-order valence-corrected chi connectivity index (χ1v) is 5.42. The molecule has 0 saturated heterocycles. The molecule has 0 bridgehead atoms. The van der Waals surface area contributed by atoms with Gasteiger partial charge in [0.1, 0.15) is 0 Å². The molecule has 5 heteroatoms. The second-order valence-electron chi connectivity index (χ2n) is 3.53. The van der Waals surface area contributed by atoms with E-state index in [1.165, 1.54) is 14.2 Å². The Bertz CT molecular complexity index is 590. The van der Waals surface area contributed by atoms with Crippen LogP contribution in [0.4, 0.5) is 0 Å². The topological polar surface area (TPSA) is 51.3 Å². The van der Waals surface area contributed by atoms with Crippen LogP contribution >= 0.6 is 11.6 Å². The smallest absolute Gasteiger partial charge is 0.258 e. The highest BCUT2D eigenvalue weighted by molar-refractivity contribution is 6.36. The van der Waals surface area contributed by atoms with Gasteiger partial charge in [-0.15, -0.1) is 0 Å². The number of pyridine rings is 1. The molecule has 0 radical (unpaired) electrons. The van der Waals surface area contributed by atoms with Crippen LogP contribution in [-0.4, -0.2) is 19.2 Å². The summed E-state index contributed by atoms with van der Waals surface area (Å²) in [4.78, 5) is 14.7. The molecule has 0 amide bonds. The molecule has 90 valence electrons. The second kappa shape index (κ2) is 4.87. The average Bonchev–Trinajstić information content (AvgIpc) is 2.34. The van der Waals surface area contributed by atoms with E-state index in [-0.39, 0.29) is 11.1 Å². The number of benzene rings is 1. The van der Waals surface area contributed by atoms with Crippen molar-refractivity contribution in [3.05, 3.63) is 45.2 Å². The van der Waals surface area contributed by atoms with Crippen molar-refractivity contribution in [2.75, 3.05) is 14.2 Å². The predicted octanol–water partition coefficient (Wildman–Crippen LogP) is 2.47. The summed E-state index contributed by atoms with van der Waals surface area (Å²) in [5, 5.41) is 1.13. The van der Waals surface area contributed by atoms with Crippen molar-refractivity contribution in [1.29, 1.82) is 0 Å². The molecule has 2 rings (SSSR count). The maximum atomic E-state index is 11.9. The minimum atomic E-state index is -0.768. The van der Waals surface area contributed by atoms with Crippen LogP contribution in [0.1, 0.15) is 11.9 Å². The molecule has 1 N–H and O–H groups in total. The minimum absolute atomic E-state index is 0.287. The highest BCUT2D eigenvalue weighted by Gasteiger charge is 2.19. The van der Waals surface area contributed by atoms with E-state index < -0.39 is 6.29 Å². The van der Waals surface area contributed by atoms with Crippen LogP contribution in [0.2, 0.25) is 5.02 Å². The Labute approximate surface area is 103 Å². The fourth-order valence-electron chi connectivity index (χ4n) is 1.76. The number of ether oxygens (including phenoxy) is 2. The third-order valence-corrected chi connectivity index (χ3v) is 2.96. The van der Waals surface area contributed by atoms with Gasteiger partial charge in [-0.25, -0.2) is 0 Å². The summed E-state index contributed by atoms with van der Waals surface area (Å²) in [6.07, 6.45) is -0.768. The molecule has 4 nitrogen and oxygen atoms in total. The number of rotatable bonds is 3. The molecule has 2 aromatic rings. The number of aromatic amines is 1. The monoisotopic (exact) mass is 253 g/mol. The fraction of sp³-hybridized carbons (Fsp3) is 0.250. The summed E-state index contributed by atoms with van der Waals surface area (Å²) < 4.78 is 10.1. The lowest BCUT2D eigenvalue weighted by Crippen LogP contribution is -2.19. The summed E-state index contributed by atoms with van der Waals surface area (Å²) in [7, 11) is 2.91. The Balaban J connectivity index is 2.76. The summed E-state index contributed by atoms with van der Waals surface area (Å²) in [6, 6.07) is 7.31. The van der Waals surface area contributed by atoms with Gasteiger partial charge in [0.15, 0.2) is 6.29 Å². The molecule has 1 aromatic carbocycles. The van der Waals surface area contributed by atoms with Crippen LogP contribution in [0.15, 0.2) is 29.1 Å². The van der Waals surface area contributed by atoms with E-state index in [0.717, 1.165) is 5.39 Å². The van der Waals surface area contributed by atoms with Crippen LogP contribution in [0.25, 0.3) is 10.9 Å². The number of aromatic nitrogens is 1. The molecule has 0 aliphatic heterocycles. The summed E-state index contributed by atoms with van der Waals surface area (Å²) in [6.45, 7) is 0. The Morgan fingerprint density at radius 1 is 1.24 bits per heavy atom. The number of hydrogen-bond acceptors (Lipinski definition) is 3. The number of para-hydroxylation sites is 1. The van der Waals surface area contributed by atoms with Gasteiger partial charge < -0.3 is 14.5 Å². The summed E-state index contributed by atoms with van der Waals surface area (Å²) in [5.74, 6) is 0. The molecule has 17 heavy (non-hydrogen) atoms. The van der Waals surface area contributed by atoms with E-state index in [9.17, 15) is 4.79 Å². The van der Waals surface area contributed by atoms with Crippen LogP contribution in [0.5, 0.6) is 0 Å². The minimum Gasteiger partial charge on any atom is -0.351 e. The zero-order valence-corrected chi connectivity index (χ0v) is 10.2. The first-order valence-electron chi connectivity index (χ1n) is 5.05. The third-order valence-electron chi connectivity index (χ3n) is 2.56. The molecule has 0 spiro atoms. The third kappa shape index (κ3) is 2.07. The maximum absolute atomic E-state index is 11.9. The van der Waals surface area contributed by atoms with Crippen LogP contribution < -0.4 is 5.56 Å². The van der Waals surface area contributed by atoms with E-state index in [0.29, 0.717) is 10.5 Å². The predicted molar refractivity (Wildman–Crippen MR) is 66.3 cm³/mol. The van der Waals surface area contributed by atoms with Crippen LogP contribution in [0.3, 0.4) is 0 Å². The molecule has 0 saturated carbocycles. The number of methoxy groups -OCH3 is 2. The number of fused-ring (bicyclic) bond motifs is 1. The highest BCUT2D eigenvalue weighted by atomic mass is 35.5. The average molecular weight is 254 g/mol. The molecular weight excluding hydrogens is 242 g/mol. The van der Waals surface area contributed by atoms with Gasteiger partial charge in [0, 0.05) is 25.1 Å². The standard InChI is InChI=1S/C12H12ClNO3/c1-16-12(17-2)9-10(13)7-5-3-4-6-8(7)14-11(9)15/h3-6,12H,1-2H3,(H,14,15). The number of nitrogens with one attached hydrogen (secondary N) is 1. The SMILES string of the molecule is COC(OC)c1c(Cl)c2ccccc2[nH]c1=O. The van der Waals surface area contributed by atoms with Gasteiger partial charge in [-0.05, 0) is 6.07 Å². The summed E-state index contributed by atoms with van der Waals surface area (Å²) >= 11 is 6.22. The molecule has 0 aliphatic rings. The van der Waals surface area contributed by atoms with Gasteiger partial charge in [-0.3, -0.25) is 4.79 Å². The Hall–Kier alpha value is -1.36. The van der Waals surface area contributed by atoms with Gasteiger partial charge in [0.05, 0.1) is 10.6 Å². The first kappa shape index (κ1) is 12.1. The lowest BCUT2D eigenvalue weighted by molar-refractivity contribution is -0.106. The molecule has 0 fully saturated rings. The molecule has 0 atom stereocenters. The van der Waals surface area contributed by atoms with Crippen molar-refractivity contribution in [2.45, 2.75) is 6.29 Å².